The Morgan fingerprint density at radius 2 is 2.17 bits per heavy atom. The van der Waals surface area contributed by atoms with E-state index in [1.807, 2.05) is 13.8 Å². The Kier molecular flexibility index (Phi) is 4.66. The lowest BCUT2D eigenvalue weighted by Gasteiger charge is -2.24. The van der Waals surface area contributed by atoms with Crippen molar-refractivity contribution in [3.05, 3.63) is 18.3 Å². The highest BCUT2D eigenvalue weighted by Gasteiger charge is 2.20. The molecular weight excluding hydrogens is 254 g/mol. The van der Waals surface area contributed by atoms with Crippen LogP contribution >= 0.6 is 0 Å². The quantitative estimate of drug-likeness (QED) is 0.702. The van der Waals surface area contributed by atoms with Gasteiger partial charge in [0, 0.05) is 19.3 Å². The van der Waals surface area contributed by atoms with Crippen molar-refractivity contribution in [2.24, 2.45) is 10.6 Å². The van der Waals surface area contributed by atoms with Crippen LogP contribution in [0.25, 0.3) is 0 Å². The van der Waals surface area contributed by atoms with E-state index in [9.17, 15) is 8.42 Å². The molecule has 1 heterocycles. The number of nitrogens with zero attached hydrogens (tertiary/aromatic N) is 1. The summed E-state index contributed by atoms with van der Waals surface area (Å²) in [4.78, 5) is 3.95. The summed E-state index contributed by atoms with van der Waals surface area (Å²) in [5.74, 6) is 0.242. The zero-order valence-electron chi connectivity index (χ0n) is 10.5. The summed E-state index contributed by atoms with van der Waals surface area (Å²) in [6, 6.07) is 2.92. The Hall–Kier alpha value is -1.18. The number of aromatic nitrogens is 1. The number of primary sulfonamides is 1. The first kappa shape index (κ1) is 14.9. The molecule has 6 nitrogen and oxygen atoms in total. The predicted molar refractivity (Wildman–Crippen MR) is 69.6 cm³/mol. The van der Waals surface area contributed by atoms with Crippen LogP contribution in [-0.2, 0) is 10.0 Å². The third kappa shape index (κ3) is 4.25. The van der Waals surface area contributed by atoms with E-state index in [0.717, 1.165) is 0 Å². The maximum Gasteiger partial charge on any atom is 0.241 e. The van der Waals surface area contributed by atoms with Crippen LogP contribution in [-0.4, -0.2) is 31.7 Å². The van der Waals surface area contributed by atoms with Gasteiger partial charge in [-0.05, 0) is 24.0 Å². The summed E-state index contributed by atoms with van der Waals surface area (Å²) in [7, 11) is -3.79. The maximum absolute atomic E-state index is 11.4. The Labute approximate surface area is 107 Å². The average molecular weight is 273 g/mol. The molecule has 0 aliphatic rings. The lowest BCUT2D eigenvalue weighted by Crippen LogP contribution is -2.26. The van der Waals surface area contributed by atoms with Crippen molar-refractivity contribution in [3.8, 4) is 0 Å². The number of rotatable bonds is 6. The molecule has 0 saturated carbocycles. The van der Waals surface area contributed by atoms with Gasteiger partial charge >= 0.3 is 0 Å². The highest BCUT2D eigenvalue weighted by molar-refractivity contribution is 7.89. The second-order valence-corrected chi connectivity index (χ2v) is 6.42. The van der Waals surface area contributed by atoms with Gasteiger partial charge in [0.25, 0.3) is 0 Å². The van der Waals surface area contributed by atoms with E-state index in [0.29, 0.717) is 13.0 Å². The molecule has 4 N–H and O–H groups in total. The van der Waals surface area contributed by atoms with E-state index in [4.69, 9.17) is 10.2 Å². The Morgan fingerprint density at radius 3 is 2.72 bits per heavy atom. The van der Waals surface area contributed by atoms with Gasteiger partial charge in [-0.1, -0.05) is 13.8 Å². The maximum atomic E-state index is 11.4. The first-order valence-corrected chi connectivity index (χ1v) is 7.13. The molecular formula is C11H19N3O3S. The monoisotopic (exact) mass is 273 g/mol. The molecule has 0 aliphatic heterocycles. The Morgan fingerprint density at radius 1 is 1.50 bits per heavy atom. The summed E-state index contributed by atoms with van der Waals surface area (Å²) in [6.45, 7) is 4.51. The minimum absolute atomic E-state index is 0.0233. The van der Waals surface area contributed by atoms with Gasteiger partial charge in [0.2, 0.25) is 10.0 Å². The minimum Gasteiger partial charge on any atom is -0.396 e. The first-order chi connectivity index (χ1) is 8.26. The van der Waals surface area contributed by atoms with Crippen LogP contribution in [0.4, 0.5) is 5.82 Å². The molecule has 0 aliphatic carbocycles. The van der Waals surface area contributed by atoms with Gasteiger partial charge < -0.3 is 10.4 Å². The van der Waals surface area contributed by atoms with Crippen LogP contribution in [0.3, 0.4) is 0 Å². The standard InChI is InChI=1S/C11H19N3O3S/c1-11(2,5-7-15)8-14-10-9(18(12,16)17)4-3-6-13-10/h3-4,6,15H,5,7-8H2,1-2H3,(H,13,14)(H2,12,16,17). The van der Waals surface area contributed by atoms with E-state index < -0.39 is 10.0 Å². The number of sulfonamides is 1. The molecule has 0 spiro atoms. The molecule has 18 heavy (non-hydrogen) atoms. The van der Waals surface area contributed by atoms with E-state index >= 15 is 0 Å². The van der Waals surface area contributed by atoms with Gasteiger partial charge in [0.05, 0.1) is 0 Å². The second kappa shape index (κ2) is 5.64. The van der Waals surface area contributed by atoms with Gasteiger partial charge in [0.15, 0.2) is 0 Å². The first-order valence-electron chi connectivity index (χ1n) is 5.59. The molecule has 1 aromatic rings. The lowest BCUT2D eigenvalue weighted by molar-refractivity contribution is 0.220. The highest BCUT2D eigenvalue weighted by Crippen LogP contribution is 2.22. The fourth-order valence-corrected chi connectivity index (χ4v) is 2.13. The fourth-order valence-electron chi connectivity index (χ4n) is 1.47. The van der Waals surface area contributed by atoms with Crippen LogP contribution in [0, 0.1) is 5.41 Å². The van der Waals surface area contributed by atoms with Gasteiger partial charge in [-0.2, -0.15) is 0 Å². The zero-order chi connectivity index (χ0) is 13.8. The fraction of sp³-hybridized carbons (Fsp3) is 0.545. The Bertz CT molecular complexity index is 500. The molecule has 0 aromatic carbocycles. The molecule has 0 amide bonds. The molecule has 1 rings (SSSR count). The molecule has 7 heteroatoms. The van der Waals surface area contributed by atoms with E-state index in [1.54, 1.807) is 0 Å². The number of hydrogen-bond acceptors (Lipinski definition) is 5. The summed E-state index contributed by atoms with van der Waals surface area (Å²) in [5.41, 5.74) is -0.165. The van der Waals surface area contributed by atoms with Crippen molar-refractivity contribution in [1.82, 2.24) is 4.98 Å². The van der Waals surface area contributed by atoms with Crippen molar-refractivity contribution in [2.45, 2.75) is 25.2 Å². The number of nitrogens with one attached hydrogen (secondary N) is 1. The van der Waals surface area contributed by atoms with Crippen molar-refractivity contribution >= 4 is 15.8 Å². The van der Waals surface area contributed by atoms with Crippen molar-refractivity contribution in [3.63, 3.8) is 0 Å². The number of anilines is 1. The molecule has 0 unspecified atom stereocenters. The summed E-state index contributed by atoms with van der Waals surface area (Å²) < 4.78 is 22.7. The number of nitrogens with two attached hydrogens (primary N) is 1. The van der Waals surface area contributed by atoms with Gasteiger partial charge in [0.1, 0.15) is 10.7 Å². The largest absolute Gasteiger partial charge is 0.396 e. The van der Waals surface area contributed by atoms with Gasteiger partial charge in [-0.3, -0.25) is 0 Å². The molecule has 0 atom stereocenters. The molecule has 0 bridgehead atoms. The third-order valence-corrected chi connectivity index (χ3v) is 3.54. The summed E-state index contributed by atoms with van der Waals surface area (Å²) in [6.07, 6.45) is 2.10. The summed E-state index contributed by atoms with van der Waals surface area (Å²) in [5, 5.41) is 17.0. The second-order valence-electron chi connectivity index (χ2n) is 4.89. The molecule has 0 saturated heterocycles. The van der Waals surface area contributed by atoms with Gasteiger partial charge in [-0.15, -0.1) is 0 Å². The van der Waals surface area contributed by atoms with E-state index in [2.05, 4.69) is 10.3 Å². The van der Waals surface area contributed by atoms with Crippen LogP contribution in [0.2, 0.25) is 0 Å². The molecule has 0 radical (unpaired) electrons. The highest BCUT2D eigenvalue weighted by atomic mass is 32.2. The van der Waals surface area contributed by atoms with Crippen LogP contribution in [0.5, 0.6) is 0 Å². The number of pyridine rings is 1. The van der Waals surface area contributed by atoms with Crippen molar-refractivity contribution < 1.29 is 13.5 Å². The molecule has 1 aromatic heterocycles. The molecule has 102 valence electrons. The van der Waals surface area contributed by atoms with Crippen molar-refractivity contribution in [2.75, 3.05) is 18.5 Å². The minimum atomic E-state index is -3.79. The normalized spacial score (nSPS) is 12.4. The zero-order valence-corrected chi connectivity index (χ0v) is 11.4. The lowest BCUT2D eigenvalue weighted by atomic mass is 9.90. The van der Waals surface area contributed by atoms with Crippen LogP contribution < -0.4 is 10.5 Å². The van der Waals surface area contributed by atoms with Gasteiger partial charge in [-0.25, -0.2) is 18.5 Å². The average Bonchev–Trinajstić information content (AvgIpc) is 2.26. The topological polar surface area (TPSA) is 105 Å². The SMILES string of the molecule is CC(C)(CCO)CNc1ncccc1S(N)(=O)=O. The van der Waals surface area contributed by atoms with E-state index in [1.165, 1.54) is 18.3 Å². The smallest absolute Gasteiger partial charge is 0.241 e. The molecule has 0 fully saturated rings. The Balaban J connectivity index is 2.86. The third-order valence-electron chi connectivity index (χ3n) is 2.60. The van der Waals surface area contributed by atoms with E-state index in [-0.39, 0.29) is 22.7 Å². The summed E-state index contributed by atoms with van der Waals surface area (Å²) >= 11 is 0. The van der Waals surface area contributed by atoms with Crippen molar-refractivity contribution in [1.29, 1.82) is 0 Å². The van der Waals surface area contributed by atoms with Crippen LogP contribution in [0.15, 0.2) is 23.2 Å². The number of hydrogen-bond donors (Lipinski definition) is 3. The van der Waals surface area contributed by atoms with Crippen LogP contribution in [0.1, 0.15) is 20.3 Å². The number of aliphatic hydroxyl groups is 1. The predicted octanol–water partition coefficient (Wildman–Crippen LogP) is 0.550. The number of aliphatic hydroxyl groups excluding tert-OH is 1.